The van der Waals surface area contributed by atoms with E-state index in [1.165, 1.54) is 11.1 Å². The minimum Gasteiger partial charge on any atom is -0.398 e. The van der Waals surface area contributed by atoms with Crippen molar-refractivity contribution in [1.29, 1.82) is 0 Å². The van der Waals surface area contributed by atoms with E-state index in [-0.39, 0.29) is 0 Å². The molecule has 1 aliphatic rings. The van der Waals surface area contributed by atoms with E-state index in [2.05, 4.69) is 24.4 Å². The van der Waals surface area contributed by atoms with Crippen LogP contribution in [-0.2, 0) is 0 Å². The van der Waals surface area contributed by atoms with Gasteiger partial charge in [-0.2, -0.15) is 0 Å². The Kier molecular flexibility index (Phi) is 2.55. The molecule has 0 amide bonds. The third-order valence-electron chi connectivity index (χ3n) is 2.72. The second kappa shape index (κ2) is 3.84. The van der Waals surface area contributed by atoms with Gasteiger partial charge in [0.15, 0.2) is 0 Å². The predicted octanol–water partition coefficient (Wildman–Crippen LogP) is 1.89. The lowest BCUT2D eigenvalue weighted by molar-refractivity contribution is 0.615. The number of nitrogens with two attached hydrogens (primary N) is 1. The van der Waals surface area contributed by atoms with Crippen molar-refractivity contribution in [3.8, 4) is 0 Å². The molecule has 0 bridgehead atoms. The summed E-state index contributed by atoms with van der Waals surface area (Å²) in [5.41, 5.74) is 9.41. The van der Waals surface area contributed by atoms with E-state index in [1.54, 1.807) is 0 Å². The quantitative estimate of drug-likeness (QED) is 0.660. The Bertz CT molecular complexity index is 355. The average molecular weight is 188 g/mol. The number of benzene rings is 1. The molecular formula is C12H16N2. The van der Waals surface area contributed by atoms with Crippen LogP contribution in [0.25, 0.3) is 5.57 Å². The van der Waals surface area contributed by atoms with Crippen LogP contribution in [0.15, 0.2) is 30.3 Å². The van der Waals surface area contributed by atoms with Gasteiger partial charge in [0.05, 0.1) is 0 Å². The monoisotopic (exact) mass is 188 g/mol. The number of rotatable bonds is 1. The first-order chi connectivity index (χ1) is 6.79. The number of para-hydroxylation sites is 1. The van der Waals surface area contributed by atoms with Crippen molar-refractivity contribution in [1.82, 2.24) is 5.32 Å². The maximum Gasteiger partial charge on any atom is 0.0390 e. The summed E-state index contributed by atoms with van der Waals surface area (Å²) in [6.45, 7) is 4.22. The zero-order valence-corrected chi connectivity index (χ0v) is 8.46. The van der Waals surface area contributed by atoms with E-state index in [4.69, 9.17) is 5.73 Å². The Labute approximate surface area is 84.8 Å². The fourth-order valence-electron chi connectivity index (χ4n) is 1.93. The van der Waals surface area contributed by atoms with Gasteiger partial charge in [0.1, 0.15) is 0 Å². The van der Waals surface area contributed by atoms with Gasteiger partial charge in [-0.15, -0.1) is 0 Å². The average Bonchev–Trinajstić information content (AvgIpc) is 2.20. The Morgan fingerprint density at radius 1 is 1.36 bits per heavy atom. The van der Waals surface area contributed by atoms with Crippen molar-refractivity contribution in [2.24, 2.45) is 5.92 Å². The first-order valence-electron chi connectivity index (χ1n) is 5.04. The lowest BCUT2D eigenvalue weighted by Gasteiger charge is -2.22. The smallest absolute Gasteiger partial charge is 0.0390 e. The summed E-state index contributed by atoms with van der Waals surface area (Å²) >= 11 is 0. The second-order valence-corrected chi connectivity index (χ2v) is 3.81. The van der Waals surface area contributed by atoms with Gasteiger partial charge in [-0.1, -0.05) is 31.2 Å². The second-order valence-electron chi connectivity index (χ2n) is 3.81. The zero-order valence-electron chi connectivity index (χ0n) is 8.46. The summed E-state index contributed by atoms with van der Waals surface area (Å²) in [5, 5.41) is 3.34. The van der Waals surface area contributed by atoms with E-state index >= 15 is 0 Å². The van der Waals surface area contributed by atoms with Crippen LogP contribution in [0, 0.1) is 5.92 Å². The van der Waals surface area contributed by atoms with Crippen LogP contribution in [0.1, 0.15) is 12.5 Å². The lowest BCUT2D eigenvalue weighted by atomic mass is 9.90. The summed E-state index contributed by atoms with van der Waals surface area (Å²) in [4.78, 5) is 0. The van der Waals surface area contributed by atoms with Crippen LogP contribution in [0.4, 0.5) is 5.69 Å². The molecule has 0 spiro atoms. The SMILES string of the molecule is CC1CNCC=C1c1ccccc1N. The highest BCUT2D eigenvalue weighted by atomic mass is 14.9. The van der Waals surface area contributed by atoms with Gasteiger partial charge in [0.2, 0.25) is 0 Å². The minimum atomic E-state index is 0.549. The summed E-state index contributed by atoms with van der Waals surface area (Å²) < 4.78 is 0. The van der Waals surface area contributed by atoms with Gasteiger partial charge in [0, 0.05) is 24.3 Å². The number of hydrogen-bond acceptors (Lipinski definition) is 2. The van der Waals surface area contributed by atoms with Crippen molar-refractivity contribution < 1.29 is 0 Å². The standard InChI is InChI=1S/C12H16N2/c1-9-8-14-7-6-10(9)11-4-2-3-5-12(11)13/h2-6,9,14H,7-8,13H2,1H3. The third kappa shape index (κ3) is 1.66. The molecule has 0 aromatic heterocycles. The zero-order chi connectivity index (χ0) is 9.97. The first kappa shape index (κ1) is 9.28. The maximum atomic E-state index is 5.95. The van der Waals surface area contributed by atoms with Crippen molar-refractivity contribution in [2.75, 3.05) is 18.8 Å². The van der Waals surface area contributed by atoms with Crippen molar-refractivity contribution in [3.63, 3.8) is 0 Å². The highest BCUT2D eigenvalue weighted by Gasteiger charge is 2.15. The Morgan fingerprint density at radius 2 is 2.14 bits per heavy atom. The van der Waals surface area contributed by atoms with E-state index in [9.17, 15) is 0 Å². The summed E-state index contributed by atoms with van der Waals surface area (Å²) in [5.74, 6) is 0.549. The fraction of sp³-hybridized carbons (Fsp3) is 0.333. The molecule has 3 N–H and O–H groups in total. The van der Waals surface area contributed by atoms with Gasteiger partial charge in [-0.3, -0.25) is 0 Å². The summed E-state index contributed by atoms with van der Waals surface area (Å²) in [6, 6.07) is 8.08. The molecule has 2 rings (SSSR count). The highest BCUT2D eigenvalue weighted by molar-refractivity contribution is 5.76. The molecule has 1 unspecified atom stereocenters. The molecule has 0 radical (unpaired) electrons. The van der Waals surface area contributed by atoms with Crippen molar-refractivity contribution in [3.05, 3.63) is 35.9 Å². The van der Waals surface area contributed by atoms with E-state index in [0.29, 0.717) is 5.92 Å². The van der Waals surface area contributed by atoms with Crippen molar-refractivity contribution >= 4 is 11.3 Å². The lowest BCUT2D eigenvalue weighted by Crippen LogP contribution is -2.27. The van der Waals surface area contributed by atoms with Crippen LogP contribution in [-0.4, -0.2) is 13.1 Å². The van der Waals surface area contributed by atoms with Gasteiger partial charge in [0.25, 0.3) is 0 Å². The number of nitrogens with one attached hydrogen (secondary N) is 1. The normalized spacial score (nSPS) is 21.8. The molecule has 74 valence electrons. The van der Waals surface area contributed by atoms with Crippen LogP contribution >= 0.6 is 0 Å². The number of nitrogen functional groups attached to an aromatic ring is 1. The van der Waals surface area contributed by atoms with E-state index in [1.807, 2.05) is 18.2 Å². The molecule has 1 aromatic rings. The number of anilines is 1. The molecule has 1 heterocycles. The first-order valence-corrected chi connectivity index (χ1v) is 5.04. The van der Waals surface area contributed by atoms with Crippen molar-refractivity contribution in [2.45, 2.75) is 6.92 Å². The topological polar surface area (TPSA) is 38.0 Å². The van der Waals surface area contributed by atoms with Gasteiger partial charge < -0.3 is 11.1 Å². The predicted molar refractivity (Wildman–Crippen MR) is 60.9 cm³/mol. The maximum absolute atomic E-state index is 5.95. The van der Waals surface area contributed by atoms with Crippen LogP contribution in [0.5, 0.6) is 0 Å². The molecule has 0 aliphatic carbocycles. The van der Waals surface area contributed by atoms with Gasteiger partial charge in [-0.05, 0) is 17.6 Å². The van der Waals surface area contributed by atoms with E-state index in [0.717, 1.165) is 18.8 Å². The summed E-state index contributed by atoms with van der Waals surface area (Å²) in [7, 11) is 0. The molecule has 0 saturated carbocycles. The van der Waals surface area contributed by atoms with E-state index < -0.39 is 0 Å². The number of hydrogen-bond donors (Lipinski definition) is 2. The van der Waals surface area contributed by atoms with Gasteiger partial charge in [-0.25, -0.2) is 0 Å². The summed E-state index contributed by atoms with van der Waals surface area (Å²) in [6.07, 6.45) is 2.24. The van der Waals surface area contributed by atoms with Crippen LogP contribution in [0.2, 0.25) is 0 Å². The van der Waals surface area contributed by atoms with Crippen LogP contribution < -0.4 is 11.1 Å². The Morgan fingerprint density at radius 3 is 2.86 bits per heavy atom. The molecular weight excluding hydrogens is 172 g/mol. The minimum absolute atomic E-state index is 0.549. The highest BCUT2D eigenvalue weighted by Crippen LogP contribution is 2.28. The molecule has 1 atom stereocenters. The third-order valence-corrected chi connectivity index (χ3v) is 2.72. The largest absolute Gasteiger partial charge is 0.398 e. The Hall–Kier alpha value is -1.28. The molecule has 1 aliphatic heterocycles. The molecule has 0 fully saturated rings. The molecule has 1 aromatic carbocycles. The van der Waals surface area contributed by atoms with Gasteiger partial charge >= 0.3 is 0 Å². The molecule has 14 heavy (non-hydrogen) atoms. The van der Waals surface area contributed by atoms with Crippen LogP contribution in [0.3, 0.4) is 0 Å². The molecule has 2 heteroatoms. The Balaban J connectivity index is 2.39. The molecule has 2 nitrogen and oxygen atoms in total. The fourth-order valence-corrected chi connectivity index (χ4v) is 1.93. The molecule has 0 saturated heterocycles.